The molecule has 0 aromatic heterocycles. The predicted molar refractivity (Wildman–Crippen MR) is 76.4 cm³/mol. The van der Waals surface area contributed by atoms with Gasteiger partial charge in [-0.3, -0.25) is 4.79 Å². The number of rotatable bonds is 4. The van der Waals surface area contributed by atoms with Crippen molar-refractivity contribution in [1.82, 2.24) is 5.32 Å². The third-order valence-electron chi connectivity index (χ3n) is 2.40. The molecule has 5 heteroatoms. The highest BCUT2D eigenvalue weighted by Crippen LogP contribution is 2.24. The van der Waals surface area contributed by atoms with Crippen LogP contribution < -0.4 is 5.32 Å². The largest absolute Gasteiger partial charge is 0.459 e. The molecule has 0 amide bonds. The molecule has 1 N–H and O–H groups in total. The van der Waals surface area contributed by atoms with Crippen molar-refractivity contribution < 1.29 is 13.9 Å². The van der Waals surface area contributed by atoms with E-state index in [0.717, 1.165) is 5.56 Å². The molecular formula is C14H19BrFNO2. The van der Waals surface area contributed by atoms with Crippen molar-refractivity contribution >= 4 is 21.9 Å². The van der Waals surface area contributed by atoms with Gasteiger partial charge >= 0.3 is 5.97 Å². The van der Waals surface area contributed by atoms with Gasteiger partial charge in [-0.25, -0.2) is 4.39 Å². The lowest BCUT2D eigenvalue weighted by Crippen LogP contribution is -2.32. The normalized spacial score (nSPS) is 13.2. The Hall–Kier alpha value is -0.940. The first kappa shape index (κ1) is 16.1. The van der Waals surface area contributed by atoms with Gasteiger partial charge in [0.2, 0.25) is 0 Å². The molecule has 0 bridgehead atoms. The summed E-state index contributed by atoms with van der Waals surface area (Å²) >= 11 is 3.31. The minimum absolute atomic E-state index is 0.0810. The third-order valence-corrected chi connectivity index (χ3v) is 3.09. The molecule has 0 heterocycles. The van der Waals surface area contributed by atoms with Crippen molar-refractivity contribution in [3.8, 4) is 0 Å². The molecule has 0 aliphatic rings. The van der Waals surface area contributed by atoms with Gasteiger partial charge in [-0.1, -0.05) is 22.0 Å². The number of carbonyl (C=O) groups is 1. The van der Waals surface area contributed by atoms with Crippen molar-refractivity contribution in [2.24, 2.45) is 0 Å². The molecule has 0 saturated heterocycles. The monoisotopic (exact) mass is 331 g/mol. The zero-order chi connectivity index (χ0) is 14.6. The van der Waals surface area contributed by atoms with Crippen LogP contribution in [0.25, 0.3) is 0 Å². The highest BCUT2D eigenvalue weighted by Gasteiger charge is 2.17. The minimum atomic E-state index is -0.488. The van der Waals surface area contributed by atoms with E-state index in [1.165, 1.54) is 12.1 Å². The Morgan fingerprint density at radius 3 is 2.63 bits per heavy atom. The molecule has 1 unspecified atom stereocenters. The number of hydrogen-bond donors (Lipinski definition) is 1. The lowest BCUT2D eigenvalue weighted by atomic mass is 10.1. The van der Waals surface area contributed by atoms with Crippen molar-refractivity contribution in [1.29, 1.82) is 0 Å². The molecule has 106 valence electrons. The van der Waals surface area contributed by atoms with Crippen LogP contribution in [0.5, 0.6) is 0 Å². The van der Waals surface area contributed by atoms with Crippen LogP contribution in [0, 0.1) is 5.82 Å². The third kappa shape index (κ3) is 5.70. The van der Waals surface area contributed by atoms with Crippen LogP contribution in [-0.2, 0) is 9.53 Å². The lowest BCUT2D eigenvalue weighted by molar-refractivity contribution is -0.153. The van der Waals surface area contributed by atoms with Crippen LogP contribution in [0.3, 0.4) is 0 Å². The van der Waals surface area contributed by atoms with Crippen LogP contribution in [0.15, 0.2) is 22.7 Å². The highest BCUT2D eigenvalue weighted by atomic mass is 79.9. The molecule has 0 radical (unpaired) electrons. The van der Waals surface area contributed by atoms with Gasteiger partial charge in [0.05, 0.1) is 6.54 Å². The molecule has 3 nitrogen and oxygen atoms in total. The SMILES string of the molecule is CC(NCC(=O)OC(C)(C)C)c1ccc(F)cc1Br. The molecule has 0 fully saturated rings. The Morgan fingerprint density at radius 1 is 1.47 bits per heavy atom. The molecule has 1 aromatic carbocycles. The second-order valence-electron chi connectivity index (χ2n) is 5.35. The van der Waals surface area contributed by atoms with Gasteiger partial charge in [0.1, 0.15) is 11.4 Å². The minimum Gasteiger partial charge on any atom is -0.459 e. The van der Waals surface area contributed by atoms with Crippen molar-refractivity contribution in [3.05, 3.63) is 34.1 Å². The lowest BCUT2D eigenvalue weighted by Gasteiger charge is -2.21. The van der Waals surface area contributed by atoms with Gasteiger partial charge in [0.25, 0.3) is 0 Å². The van der Waals surface area contributed by atoms with Crippen molar-refractivity contribution in [2.45, 2.75) is 39.3 Å². The molecule has 0 spiro atoms. The van der Waals surface area contributed by atoms with Crippen LogP contribution in [0.2, 0.25) is 0 Å². The fourth-order valence-electron chi connectivity index (χ4n) is 1.58. The second-order valence-corrected chi connectivity index (χ2v) is 6.21. The Bertz CT molecular complexity index is 457. The summed E-state index contributed by atoms with van der Waals surface area (Å²) in [4.78, 5) is 11.6. The second kappa shape index (κ2) is 6.48. The maximum absolute atomic E-state index is 13.0. The van der Waals surface area contributed by atoms with Crippen LogP contribution in [-0.4, -0.2) is 18.1 Å². The van der Waals surface area contributed by atoms with Gasteiger partial charge in [0.15, 0.2) is 0 Å². The van der Waals surface area contributed by atoms with Gasteiger partial charge in [-0.2, -0.15) is 0 Å². The van der Waals surface area contributed by atoms with Crippen molar-refractivity contribution in [2.75, 3.05) is 6.54 Å². The summed E-state index contributed by atoms with van der Waals surface area (Å²) in [5.41, 5.74) is 0.406. The Kier molecular flexibility index (Phi) is 5.50. The van der Waals surface area contributed by atoms with E-state index in [1.54, 1.807) is 6.07 Å². The number of benzene rings is 1. The molecule has 0 aliphatic heterocycles. The number of hydrogen-bond acceptors (Lipinski definition) is 3. The number of ether oxygens (including phenoxy) is 1. The molecule has 0 saturated carbocycles. The van der Waals surface area contributed by atoms with E-state index in [2.05, 4.69) is 21.2 Å². The molecule has 1 aromatic rings. The molecule has 19 heavy (non-hydrogen) atoms. The van der Waals surface area contributed by atoms with E-state index in [0.29, 0.717) is 4.47 Å². The fraction of sp³-hybridized carbons (Fsp3) is 0.500. The van der Waals surface area contributed by atoms with E-state index in [4.69, 9.17) is 4.74 Å². The highest BCUT2D eigenvalue weighted by molar-refractivity contribution is 9.10. The average molecular weight is 332 g/mol. The Balaban J connectivity index is 2.56. The number of nitrogens with one attached hydrogen (secondary N) is 1. The summed E-state index contributed by atoms with van der Waals surface area (Å²) in [6.07, 6.45) is 0. The summed E-state index contributed by atoms with van der Waals surface area (Å²) in [7, 11) is 0. The Labute approximate surface area is 121 Å². The van der Waals surface area contributed by atoms with E-state index >= 15 is 0 Å². The van der Waals surface area contributed by atoms with Gasteiger partial charge in [-0.15, -0.1) is 0 Å². The standard InChI is InChI=1S/C14H19BrFNO2/c1-9(11-6-5-10(16)7-12(11)15)17-8-13(18)19-14(2,3)4/h5-7,9,17H,8H2,1-4H3. The topological polar surface area (TPSA) is 38.3 Å². The summed E-state index contributed by atoms with van der Waals surface area (Å²) in [6, 6.07) is 4.40. The average Bonchev–Trinajstić information content (AvgIpc) is 2.23. The van der Waals surface area contributed by atoms with Crippen LogP contribution >= 0.6 is 15.9 Å². The molecular weight excluding hydrogens is 313 g/mol. The summed E-state index contributed by atoms with van der Waals surface area (Å²) in [5, 5.41) is 3.05. The van der Waals surface area contributed by atoms with E-state index in [-0.39, 0.29) is 24.4 Å². The first-order chi connectivity index (χ1) is 8.69. The van der Waals surface area contributed by atoms with Gasteiger partial charge < -0.3 is 10.1 Å². The Morgan fingerprint density at radius 2 is 2.11 bits per heavy atom. The summed E-state index contributed by atoms with van der Waals surface area (Å²) in [5.74, 6) is -0.604. The maximum atomic E-state index is 13.0. The molecule has 1 atom stereocenters. The summed E-state index contributed by atoms with van der Waals surface area (Å²) < 4.78 is 18.9. The van der Waals surface area contributed by atoms with Crippen LogP contribution in [0.4, 0.5) is 4.39 Å². The first-order valence-corrected chi connectivity index (χ1v) is 6.88. The quantitative estimate of drug-likeness (QED) is 0.857. The van der Waals surface area contributed by atoms with E-state index in [9.17, 15) is 9.18 Å². The zero-order valence-corrected chi connectivity index (χ0v) is 13.2. The number of esters is 1. The van der Waals surface area contributed by atoms with Gasteiger partial charge in [-0.05, 0) is 45.4 Å². The predicted octanol–water partition coefficient (Wildman–Crippen LogP) is 3.58. The molecule has 0 aliphatic carbocycles. The summed E-state index contributed by atoms with van der Waals surface area (Å²) in [6.45, 7) is 7.49. The van der Waals surface area contributed by atoms with Crippen LogP contribution in [0.1, 0.15) is 39.3 Å². The number of halogens is 2. The number of carbonyl (C=O) groups excluding carboxylic acids is 1. The maximum Gasteiger partial charge on any atom is 0.320 e. The smallest absolute Gasteiger partial charge is 0.320 e. The van der Waals surface area contributed by atoms with Gasteiger partial charge in [0, 0.05) is 10.5 Å². The fourth-order valence-corrected chi connectivity index (χ4v) is 2.27. The van der Waals surface area contributed by atoms with Crippen molar-refractivity contribution in [3.63, 3.8) is 0 Å². The molecule has 1 rings (SSSR count). The van der Waals surface area contributed by atoms with E-state index in [1.807, 2.05) is 27.7 Å². The van der Waals surface area contributed by atoms with E-state index < -0.39 is 5.60 Å². The zero-order valence-electron chi connectivity index (χ0n) is 11.6. The first-order valence-electron chi connectivity index (χ1n) is 6.09.